The van der Waals surface area contributed by atoms with Crippen molar-refractivity contribution in [2.75, 3.05) is 0 Å². The number of carbonyl (C=O) groups excluding carboxylic acids is 1. The maximum Gasteiger partial charge on any atom is 0.272 e. The van der Waals surface area contributed by atoms with E-state index in [0.717, 1.165) is 11.1 Å². The lowest BCUT2D eigenvalue weighted by Crippen LogP contribution is -2.26. The fourth-order valence-corrected chi connectivity index (χ4v) is 2.85. The molecule has 0 unspecified atom stereocenters. The summed E-state index contributed by atoms with van der Waals surface area (Å²) in [4.78, 5) is 24.2. The molecule has 0 fully saturated rings. The van der Waals surface area contributed by atoms with Crippen LogP contribution in [0.4, 0.5) is 0 Å². The van der Waals surface area contributed by atoms with E-state index in [0.29, 0.717) is 29.6 Å². The van der Waals surface area contributed by atoms with Crippen LogP contribution in [-0.2, 0) is 29.1 Å². The van der Waals surface area contributed by atoms with Crippen LogP contribution in [0.25, 0.3) is 10.8 Å². The number of carbonyl (C=O) groups is 1. The number of hydrogen-bond donors (Lipinski definition) is 2. The quantitative estimate of drug-likeness (QED) is 0.689. The molecule has 0 aliphatic rings. The highest BCUT2D eigenvalue weighted by atomic mass is 16.5. The fraction of sp³-hybridized carbons (Fsp3) is 0.318. The van der Waals surface area contributed by atoms with E-state index in [4.69, 9.17) is 4.74 Å². The molecule has 3 rings (SSSR count). The van der Waals surface area contributed by atoms with Crippen LogP contribution in [0, 0.1) is 0 Å². The molecule has 1 amide bonds. The molecule has 0 saturated heterocycles. The molecule has 1 heterocycles. The van der Waals surface area contributed by atoms with E-state index in [1.165, 1.54) is 0 Å². The Balaban J connectivity index is 1.62. The van der Waals surface area contributed by atoms with E-state index in [-0.39, 0.29) is 23.5 Å². The van der Waals surface area contributed by atoms with Crippen molar-refractivity contribution in [3.05, 3.63) is 75.7 Å². The van der Waals surface area contributed by atoms with E-state index in [9.17, 15) is 9.59 Å². The van der Waals surface area contributed by atoms with Crippen molar-refractivity contribution >= 4 is 16.7 Å². The third kappa shape index (κ3) is 5.27. The number of benzene rings is 2. The zero-order valence-corrected chi connectivity index (χ0v) is 16.4. The van der Waals surface area contributed by atoms with Gasteiger partial charge in [0, 0.05) is 11.9 Å². The van der Waals surface area contributed by atoms with Crippen LogP contribution in [0.5, 0.6) is 0 Å². The number of fused-ring (bicyclic) bond motifs is 1. The van der Waals surface area contributed by atoms with Crippen molar-refractivity contribution in [2.45, 2.75) is 45.9 Å². The van der Waals surface area contributed by atoms with E-state index in [2.05, 4.69) is 15.5 Å². The summed E-state index contributed by atoms with van der Waals surface area (Å²) in [6.45, 7) is 7.00. The maximum atomic E-state index is 12.4. The predicted octanol–water partition coefficient (Wildman–Crippen LogP) is 3.10. The molecule has 2 aromatic carbocycles. The van der Waals surface area contributed by atoms with Crippen LogP contribution in [0.15, 0.2) is 53.3 Å². The Morgan fingerprint density at radius 1 is 1.07 bits per heavy atom. The molecule has 6 nitrogen and oxygen atoms in total. The zero-order valence-electron chi connectivity index (χ0n) is 16.4. The van der Waals surface area contributed by atoms with Crippen molar-refractivity contribution < 1.29 is 9.53 Å². The van der Waals surface area contributed by atoms with Crippen LogP contribution in [0.1, 0.15) is 37.6 Å². The van der Waals surface area contributed by atoms with Crippen molar-refractivity contribution in [3.8, 4) is 0 Å². The first-order chi connectivity index (χ1) is 13.3. The minimum atomic E-state index is -0.256. The summed E-state index contributed by atoms with van der Waals surface area (Å²) in [6.07, 6.45) is 0.101. The summed E-state index contributed by atoms with van der Waals surface area (Å²) in [6, 6.07) is 15.1. The molecule has 0 spiro atoms. The van der Waals surface area contributed by atoms with Gasteiger partial charge in [-0.1, -0.05) is 42.5 Å². The molecule has 28 heavy (non-hydrogen) atoms. The Morgan fingerprint density at radius 3 is 2.54 bits per heavy atom. The van der Waals surface area contributed by atoms with Gasteiger partial charge in [-0.15, -0.1) is 0 Å². The number of H-pyrrole nitrogens is 1. The molecule has 0 aliphatic carbocycles. The third-order valence-corrected chi connectivity index (χ3v) is 4.26. The van der Waals surface area contributed by atoms with E-state index >= 15 is 0 Å². The summed E-state index contributed by atoms with van der Waals surface area (Å²) in [5, 5.41) is 10.6. The van der Waals surface area contributed by atoms with Crippen LogP contribution in [-0.4, -0.2) is 21.7 Å². The summed E-state index contributed by atoms with van der Waals surface area (Å²) in [7, 11) is 0. The average molecular weight is 379 g/mol. The zero-order chi connectivity index (χ0) is 20.1. The van der Waals surface area contributed by atoms with Gasteiger partial charge < -0.3 is 10.1 Å². The standard InChI is InChI=1S/C22H25N3O3/c1-22(2,3)28-14-16-8-6-7-15(11-16)13-23-20(26)12-19-17-9-4-5-10-18(17)21(27)25-24-19/h4-11H,12-14H2,1-3H3,(H,23,26)(H,25,27). The Labute approximate surface area is 163 Å². The molecule has 3 aromatic rings. The number of aromatic nitrogens is 2. The Morgan fingerprint density at radius 2 is 1.79 bits per heavy atom. The summed E-state index contributed by atoms with van der Waals surface area (Å²) >= 11 is 0. The van der Waals surface area contributed by atoms with Gasteiger partial charge in [-0.25, -0.2) is 5.10 Å². The van der Waals surface area contributed by atoms with Crippen molar-refractivity contribution in [3.63, 3.8) is 0 Å². The lowest BCUT2D eigenvalue weighted by atomic mass is 10.1. The molecule has 0 saturated carbocycles. The molecule has 0 bridgehead atoms. The average Bonchev–Trinajstić information content (AvgIpc) is 2.67. The molecule has 1 aromatic heterocycles. The molecular weight excluding hydrogens is 354 g/mol. The second-order valence-electron chi connectivity index (χ2n) is 7.72. The minimum Gasteiger partial charge on any atom is -0.371 e. The van der Waals surface area contributed by atoms with E-state index in [1.54, 1.807) is 18.2 Å². The molecule has 146 valence electrons. The van der Waals surface area contributed by atoms with Gasteiger partial charge in [0.25, 0.3) is 5.56 Å². The first kappa shape index (κ1) is 19.8. The lowest BCUT2D eigenvalue weighted by molar-refractivity contribution is -0.120. The molecule has 2 N–H and O–H groups in total. The van der Waals surface area contributed by atoms with Gasteiger partial charge >= 0.3 is 0 Å². The Bertz CT molecular complexity index is 1030. The van der Waals surface area contributed by atoms with Crippen LogP contribution in [0.3, 0.4) is 0 Å². The summed E-state index contributed by atoms with van der Waals surface area (Å²) < 4.78 is 5.80. The minimum absolute atomic E-state index is 0.101. The van der Waals surface area contributed by atoms with E-state index < -0.39 is 0 Å². The van der Waals surface area contributed by atoms with E-state index in [1.807, 2.05) is 51.1 Å². The van der Waals surface area contributed by atoms with Gasteiger partial charge in [0.1, 0.15) is 0 Å². The van der Waals surface area contributed by atoms with Crippen LogP contribution >= 0.6 is 0 Å². The number of amides is 1. The number of ether oxygens (including phenoxy) is 1. The highest BCUT2D eigenvalue weighted by Gasteiger charge is 2.12. The number of nitrogens with one attached hydrogen (secondary N) is 2. The number of hydrogen-bond acceptors (Lipinski definition) is 4. The molecular formula is C22H25N3O3. The molecule has 0 atom stereocenters. The summed E-state index contributed by atoms with van der Waals surface area (Å²) in [5.74, 6) is -0.152. The lowest BCUT2D eigenvalue weighted by Gasteiger charge is -2.19. The van der Waals surface area contributed by atoms with Gasteiger partial charge in [0.2, 0.25) is 5.91 Å². The molecule has 6 heteroatoms. The van der Waals surface area contributed by atoms with Crippen LogP contribution < -0.4 is 10.9 Å². The Hall–Kier alpha value is -2.99. The van der Waals surface area contributed by atoms with Crippen molar-refractivity contribution in [1.82, 2.24) is 15.5 Å². The van der Waals surface area contributed by atoms with Gasteiger partial charge in [-0.2, -0.15) is 5.10 Å². The second kappa shape index (κ2) is 8.35. The van der Waals surface area contributed by atoms with Gasteiger partial charge in [0.05, 0.1) is 29.7 Å². The van der Waals surface area contributed by atoms with Gasteiger partial charge in [-0.05, 0) is 38.0 Å². The third-order valence-electron chi connectivity index (χ3n) is 4.26. The monoisotopic (exact) mass is 379 g/mol. The van der Waals surface area contributed by atoms with Crippen LogP contribution in [0.2, 0.25) is 0 Å². The normalized spacial score (nSPS) is 11.5. The second-order valence-corrected chi connectivity index (χ2v) is 7.72. The SMILES string of the molecule is CC(C)(C)OCc1cccc(CNC(=O)Cc2n[nH]c(=O)c3ccccc23)c1. The fourth-order valence-electron chi connectivity index (χ4n) is 2.85. The van der Waals surface area contributed by atoms with Gasteiger partial charge in [-0.3, -0.25) is 9.59 Å². The van der Waals surface area contributed by atoms with Crippen molar-refractivity contribution in [2.24, 2.45) is 0 Å². The number of aromatic amines is 1. The maximum absolute atomic E-state index is 12.4. The highest BCUT2D eigenvalue weighted by molar-refractivity contribution is 5.88. The number of rotatable bonds is 6. The first-order valence-electron chi connectivity index (χ1n) is 9.26. The largest absolute Gasteiger partial charge is 0.371 e. The van der Waals surface area contributed by atoms with Crippen molar-refractivity contribution in [1.29, 1.82) is 0 Å². The molecule has 0 aliphatic heterocycles. The number of nitrogens with zero attached hydrogens (tertiary/aromatic N) is 1. The molecule has 0 radical (unpaired) electrons. The topological polar surface area (TPSA) is 84.1 Å². The summed E-state index contributed by atoms with van der Waals surface area (Å²) in [5.41, 5.74) is 2.17. The smallest absolute Gasteiger partial charge is 0.272 e. The Kier molecular flexibility index (Phi) is 5.90. The first-order valence-corrected chi connectivity index (χ1v) is 9.26. The van der Waals surface area contributed by atoms with Gasteiger partial charge in [0.15, 0.2) is 0 Å². The highest BCUT2D eigenvalue weighted by Crippen LogP contribution is 2.14. The predicted molar refractivity (Wildman–Crippen MR) is 109 cm³/mol.